The maximum Gasteiger partial charge on any atom is 3.00 e. The summed E-state index contributed by atoms with van der Waals surface area (Å²) in [5.74, 6) is 0. The molecule has 0 saturated carbocycles. The van der Waals surface area contributed by atoms with Crippen molar-refractivity contribution in [2.45, 2.75) is 0 Å². The third-order valence-electron chi connectivity index (χ3n) is 0. The van der Waals surface area contributed by atoms with Crippen LogP contribution >= 0.6 is 0 Å². The number of rotatable bonds is 0. The largest absolute Gasteiger partial charge is 3.00 e. The molecule has 0 spiro atoms. The molecular weight excluding hydrogens is 512 g/mol. The second-order valence-corrected chi connectivity index (χ2v) is 0. The molecule has 5 nitrogen and oxygen atoms in total. The van der Waals surface area contributed by atoms with Crippen LogP contribution in [0.15, 0.2) is 0 Å². The van der Waals surface area contributed by atoms with Crippen LogP contribution < -0.4 is 0 Å². The molecule has 0 saturated heterocycles. The molecule has 0 aromatic rings. The fourth-order valence-electron chi connectivity index (χ4n) is 0. The summed E-state index contributed by atoms with van der Waals surface area (Å²) in [6, 6.07) is 0. The summed E-state index contributed by atoms with van der Waals surface area (Å²) in [5.41, 5.74) is 0. The van der Waals surface area contributed by atoms with Crippen molar-refractivity contribution in [3.05, 3.63) is 0 Å². The van der Waals surface area contributed by atoms with Crippen molar-refractivity contribution in [3.8, 4) is 0 Å². The van der Waals surface area contributed by atoms with Gasteiger partial charge in [0, 0.05) is 0 Å². The molecule has 0 aliphatic carbocycles. The Kier molecular flexibility index (Phi) is 1590. The van der Waals surface area contributed by atoms with Crippen molar-refractivity contribution in [1.29, 1.82) is 0 Å². The van der Waals surface area contributed by atoms with Crippen LogP contribution in [0.25, 0.3) is 0 Å². The van der Waals surface area contributed by atoms with Crippen molar-refractivity contribution >= 4 is 0 Å². The monoisotopic (exact) mass is 514 g/mol. The van der Waals surface area contributed by atoms with Gasteiger partial charge in [-0.15, -0.1) is 0 Å². The number of hydrogen-bond acceptors (Lipinski definition) is 0. The van der Waals surface area contributed by atoms with Crippen molar-refractivity contribution in [1.82, 2.24) is 0 Å². The van der Waals surface area contributed by atoms with E-state index in [1.54, 1.807) is 0 Å². The Morgan fingerprint density at radius 3 is 0.333 bits per heavy atom. The Hall–Kier alpha value is 3.46. The normalized spacial score (nSPS) is 0. The summed E-state index contributed by atoms with van der Waals surface area (Å²) in [4.78, 5) is 0. The molecule has 0 rings (SSSR count). The second-order valence-electron chi connectivity index (χ2n) is 0. The maximum absolute atomic E-state index is 0. The first-order valence-electron chi connectivity index (χ1n) is 0. The zero-order valence-electron chi connectivity index (χ0n) is 3.42. The average molecular weight is 512 g/mol. The summed E-state index contributed by atoms with van der Waals surface area (Å²) >= 11 is 0. The third kappa shape index (κ3) is 85.6. The first-order chi connectivity index (χ1) is 0. The molecule has 9 heteroatoms. The molecule has 0 amide bonds. The van der Waals surface area contributed by atoms with Crippen molar-refractivity contribution in [2.24, 2.45) is 0 Å². The van der Waals surface area contributed by atoms with E-state index >= 15 is 0 Å². The van der Waals surface area contributed by atoms with E-state index in [0.29, 0.717) is 0 Å². The van der Waals surface area contributed by atoms with Crippen molar-refractivity contribution in [3.63, 3.8) is 0 Å². The molecule has 0 aliphatic rings. The van der Waals surface area contributed by atoms with E-state index in [2.05, 4.69) is 0 Å². The van der Waals surface area contributed by atoms with E-state index in [9.17, 15) is 0 Å². The van der Waals surface area contributed by atoms with Gasteiger partial charge in [-0.1, -0.05) is 0 Å². The zero-order chi connectivity index (χ0) is 0. The van der Waals surface area contributed by atoms with Crippen LogP contribution in [-0.4, -0.2) is 0 Å². The molecule has 0 atom stereocenters. The van der Waals surface area contributed by atoms with Gasteiger partial charge in [-0.25, -0.2) is 0 Å². The van der Waals surface area contributed by atoms with Gasteiger partial charge in [0.05, 0.1) is 0 Å². The molecule has 0 heterocycles. The zero-order valence-corrected chi connectivity index (χ0v) is 10.0. The maximum atomic E-state index is 0. The minimum Gasteiger partial charge on any atom is -2.00 e. The average Bonchev–Trinajstić information content (AvgIpc) is 0. The Balaban J connectivity index is 0. The first-order valence-corrected chi connectivity index (χ1v) is 0. The Bertz CT molecular complexity index is 12.9. The van der Waals surface area contributed by atoms with Gasteiger partial charge < -0.3 is 27.4 Å². The third-order valence-corrected chi connectivity index (χ3v) is 0. The molecule has 0 N–H and O–H groups in total. The Morgan fingerprint density at radius 1 is 0.333 bits per heavy atom. The summed E-state index contributed by atoms with van der Waals surface area (Å²) < 4.78 is 0. The van der Waals surface area contributed by atoms with Gasteiger partial charge in [-0.2, -0.15) is 0 Å². The standard InChI is InChI=1S/2Co.2Gd.5O/q2*+2;2*+3;5*-2. The number of hydrogen-bond donors (Lipinski definition) is 0. The van der Waals surface area contributed by atoms with E-state index in [0.717, 1.165) is 0 Å². The van der Waals surface area contributed by atoms with Crippen LogP contribution in [0.5, 0.6) is 0 Å². The second kappa shape index (κ2) is 105. The molecule has 64 valence electrons. The smallest absolute Gasteiger partial charge is 2.00 e. The van der Waals surface area contributed by atoms with Crippen LogP contribution in [0.1, 0.15) is 0 Å². The van der Waals surface area contributed by atoms with Gasteiger partial charge in [-0.05, 0) is 0 Å². The quantitative estimate of drug-likeness (QED) is 0.409. The van der Waals surface area contributed by atoms with Crippen LogP contribution in [0, 0.1) is 79.9 Å². The van der Waals surface area contributed by atoms with Crippen LogP contribution in [0.2, 0.25) is 0 Å². The molecule has 9 heavy (non-hydrogen) atoms. The van der Waals surface area contributed by atoms with E-state index in [-0.39, 0.29) is 141 Å². The minimum absolute atomic E-state index is 0. The fraction of sp³-hybridized carbons (Fsp3) is 0. The Morgan fingerprint density at radius 2 is 0.333 bits per heavy atom. The Labute approximate surface area is 138 Å². The predicted molar refractivity (Wildman–Crippen MR) is 3.43 cm³/mol. The summed E-state index contributed by atoms with van der Waals surface area (Å²) in [5, 5.41) is 0. The van der Waals surface area contributed by atoms with Gasteiger partial charge >= 0.3 is 113 Å². The predicted octanol–water partition coefficient (Wildman–Crippen LogP) is -0.599. The van der Waals surface area contributed by atoms with Crippen LogP contribution in [0.4, 0.5) is 0 Å². The van der Waals surface area contributed by atoms with E-state index in [1.807, 2.05) is 0 Å². The van der Waals surface area contributed by atoms with Gasteiger partial charge in [0.25, 0.3) is 0 Å². The van der Waals surface area contributed by atoms with E-state index in [1.165, 1.54) is 0 Å². The summed E-state index contributed by atoms with van der Waals surface area (Å²) in [7, 11) is 0. The molecule has 4 radical (unpaired) electrons. The van der Waals surface area contributed by atoms with Gasteiger partial charge in [0.1, 0.15) is 0 Å². The first kappa shape index (κ1) is 137. The van der Waals surface area contributed by atoms with Crippen LogP contribution in [0.3, 0.4) is 0 Å². The fourth-order valence-corrected chi connectivity index (χ4v) is 0. The topological polar surface area (TPSA) is 142 Å². The molecule has 0 unspecified atom stereocenters. The molecule has 0 aromatic heterocycles. The molecule has 0 bridgehead atoms. The van der Waals surface area contributed by atoms with E-state index in [4.69, 9.17) is 0 Å². The summed E-state index contributed by atoms with van der Waals surface area (Å²) in [6.07, 6.45) is 0. The van der Waals surface area contributed by atoms with Crippen molar-refractivity contribution in [2.75, 3.05) is 0 Å². The SMILES string of the molecule is [Co+2].[Co+2].[Gd+3].[Gd+3].[O-2].[O-2].[O-2].[O-2].[O-2]. The van der Waals surface area contributed by atoms with Crippen LogP contribution in [-0.2, 0) is 60.9 Å². The van der Waals surface area contributed by atoms with Gasteiger partial charge in [0.2, 0.25) is 0 Å². The minimum atomic E-state index is 0. The summed E-state index contributed by atoms with van der Waals surface area (Å²) in [6.45, 7) is 0. The molecule has 0 aromatic carbocycles. The molecule has 0 aliphatic heterocycles. The van der Waals surface area contributed by atoms with Gasteiger partial charge in [-0.3, -0.25) is 0 Å². The van der Waals surface area contributed by atoms with Crippen molar-refractivity contribution < 1.29 is 141 Å². The molecular formula is Co2Gd2O5. The van der Waals surface area contributed by atoms with E-state index < -0.39 is 0 Å². The van der Waals surface area contributed by atoms with Gasteiger partial charge in [0.15, 0.2) is 0 Å². The molecule has 0 fully saturated rings.